The average Bonchev–Trinajstić information content (AvgIpc) is 2.40. The summed E-state index contributed by atoms with van der Waals surface area (Å²) in [7, 11) is 0. The lowest BCUT2D eigenvalue weighted by atomic mass is 10.1. The summed E-state index contributed by atoms with van der Waals surface area (Å²) < 4.78 is 0. The Morgan fingerprint density at radius 2 is 1.84 bits per heavy atom. The predicted octanol–water partition coefficient (Wildman–Crippen LogP) is 2.96. The third kappa shape index (κ3) is 3.89. The minimum absolute atomic E-state index is 0. The van der Waals surface area contributed by atoms with Gasteiger partial charge in [0.25, 0.3) is 5.91 Å². The molecule has 0 spiro atoms. The third-order valence-electron chi connectivity index (χ3n) is 2.45. The molecule has 0 saturated heterocycles. The van der Waals surface area contributed by atoms with E-state index in [1.54, 1.807) is 42.6 Å². The number of rotatable bonds is 3. The van der Waals surface area contributed by atoms with Crippen molar-refractivity contribution in [2.75, 3.05) is 5.32 Å². The molecule has 1 heterocycles. The Labute approximate surface area is 117 Å². The molecular weight excluding hydrogens is 264 g/mol. The lowest BCUT2D eigenvalue weighted by Gasteiger charge is -2.05. The molecule has 4 nitrogen and oxygen atoms in total. The molecule has 2 aromatic rings. The predicted molar refractivity (Wildman–Crippen MR) is 75.9 cm³/mol. The van der Waals surface area contributed by atoms with Crippen molar-refractivity contribution in [3.63, 3.8) is 0 Å². The van der Waals surface area contributed by atoms with Gasteiger partial charge in [-0.05, 0) is 31.2 Å². The molecule has 0 aliphatic carbocycles. The molecule has 0 unspecified atom stereocenters. The van der Waals surface area contributed by atoms with Crippen molar-refractivity contribution in [3.8, 4) is 0 Å². The van der Waals surface area contributed by atoms with E-state index in [1.807, 2.05) is 0 Å². The van der Waals surface area contributed by atoms with Gasteiger partial charge in [-0.15, -0.1) is 12.4 Å². The smallest absolute Gasteiger partial charge is 0.257 e. The highest BCUT2D eigenvalue weighted by Gasteiger charge is 2.06. The number of anilines is 1. The van der Waals surface area contributed by atoms with Gasteiger partial charge >= 0.3 is 0 Å². The average molecular weight is 277 g/mol. The van der Waals surface area contributed by atoms with E-state index in [4.69, 9.17) is 0 Å². The highest BCUT2D eigenvalue weighted by atomic mass is 35.5. The van der Waals surface area contributed by atoms with Crippen LogP contribution < -0.4 is 5.32 Å². The molecule has 19 heavy (non-hydrogen) atoms. The maximum Gasteiger partial charge on any atom is 0.257 e. The molecule has 98 valence electrons. The van der Waals surface area contributed by atoms with Crippen LogP contribution in [0.25, 0.3) is 0 Å². The Kier molecular flexibility index (Phi) is 5.21. The van der Waals surface area contributed by atoms with Gasteiger partial charge in [-0.3, -0.25) is 14.6 Å². The van der Waals surface area contributed by atoms with E-state index < -0.39 is 0 Å². The van der Waals surface area contributed by atoms with E-state index in [2.05, 4.69) is 10.3 Å². The number of carbonyl (C=O) groups excluding carboxylic acids is 2. The first kappa shape index (κ1) is 14.9. The zero-order valence-electron chi connectivity index (χ0n) is 10.3. The van der Waals surface area contributed by atoms with E-state index in [9.17, 15) is 9.59 Å². The van der Waals surface area contributed by atoms with Gasteiger partial charge in [0.1, 0.15) is 0 Å². The number of aromatic nitrogens is 1. The first-order chi connectivity index (χ1) is 8.66. The van der Waals surface area contributed by atoms with Crippen LogP contribution in [0.2, 0.25) is 0 Å². The number of nitrogens with zero attached hydrogens (tertiary/aromatic N) is 1. The van der Waals surface area contributed by atoms with Gasteiger partial charge in [-0.2, -0.15) is 0 Å². The van der Waals surface area contributed by atoms with Gasteiger partial charge in [0.15, 0.2) is 5.78 Å². The number of carbonyl (C=O) groups is 2. The number of amides is 1. The van der Waals surface area contributed by atoms with Crippen LogP contribution in [-0.4, -0.2) is 16.7 Å². The van der Waals surface area contributed by atoms with Crippen molar-refractivity contribution in [1.82, 2.24) is 4.98 Å². The van der Waals surface area contributed by atoms with Gasteiger partial charge in [0.2, 0.25) is 0 Å². The number of Topliss-reactive ketones (excluding diaryl/α,β-unsaturated/α-hetero) is 1. The maximum atomic E-state index is 11.9. The van der Waals surface area contributed by atoms with Gasteiger partial charge in [0, 0.05) is 23.6 Å². The molecule has 5 heteroatoms. The van der Waals surface area contributed by atoms with Gasteiger partial charge in [0.05, 0.1) is 5.56 Å². The second-order valence-electron chi connectivity index (χ2n) is 3.83. The largest absolute Gasteiger partial charge is 0.322 e. The topological polar surface area (TPSA) is 59.1 Å². The minimum atomic E-state index is -0.246. The van der Waals surface area contributed by atoms with Crippen LogP contribution >= 0.6 is 12.4 Å². The zero-order valence-corrected chi connectivity index (χ0v) is 11.1. The number of nitrogens with one attached hydrogen (secondary N) is 1. The fraction of sp³-hybridized carbons (Fsp3) is 0.0714. The molecule has 0 atom stereocenters. The van der Waals surface area contributed by atoms with Crippen molar-refractivity contribution >= 4 is 29.8 Å². The van der Waals surface area contributed by atoms with Crippen LogP contribution in [0, 0.1) is 0 Å². The molecule has 0 radical (unpaired) electrons. The monoisotopic (exact) mass is 276 g/mol. The van der Waals surface area contributed by atoms with Crippen LogP contribution in [-0.2, 0) is 0 Å². The molecule has 0 saturated carbocycles. The quantitative estimate of drug-likeness (QED) is 0.877. The molecular formula is C14H13ClN2O2. The Bertz CT molecular complexity index is 585. The van der Waals surface area contributed by atoms with E-state index in [-0.39, 0.29) is 24.1 Å². The van der Waals surface area contributed by atoms with E-state index in [0.29, 0.717) is 16.8 Å². The van der Waals surface area contributed by atoms with Gasteiger partial charge < -0.3 is 5.32 Å². The summed E-state index contributed by atoms with van der Waals surface area (Å²) in [6, 6.07) is 10.2. The van der Waals surface area contributed by atoms with E-state index >= 15 is 0 Å². The second-order valence-corrected chi connectivity index (χ2v) is 3.83. The first-order valence-electron chi connectivity index (χ1n) is 5.49. The Morgan fingerprint density at radius 1 is 1.11 bits per heavy atom. The van der Waals surface area contributed by atoms with Crippen molar-refractivity contribution in [1.29, 1.82) is 0 Å². The lowest BCUT2D eigenvalue weighted by Crippen LogP contribution is -2.12. The molecule has 0 bridgehead atoms. The zero-order chi connectivity index (χ0) is 13.0. The fourth-order valence-corrected chi connectivity index (χ4v) is 1.52. The Hall–Kier alpha value is -2.20. The summed E-state index contributed by atoms with van der Waals surface area (Å²) in [4.78, 5) is 27.0. The molecule has 1 aromatic heterocycles. The molecule has 1 N–H and O–H groups in total. The van der Waals surface area contributed by atoms with Crippen molar-refractivity contribution in [3.05, 3.63) is 59.9 Å². The summed E-state index contributed by atoms with van der Waals surface area (Å²) in [5, 5.41) is 2.72. The van der Waals surface area contributed by atoms with Crippen molar-refractivity contribution in [2.24, 2.45) is 0 Å². The first-order valence-corrected chi connectivity index (χ1v) is 5.49. The van der Waals surface area contributed by atoms with E-state index in [0.717, 1.165) is 0 Å². The van der Waals surface area contributed by atoms with Gasteiger partial charge in [-0.25, -0.2) is 0 Å². The molecule has 2 rings (SSSR count). The summed E-state index contributed by atoms with van der Waals surface area (Å²) >= 11 is 0. The maximum absolute atomic E-state index is 11.9. The number of hydrogen-bond donors (Lipinski definition) is 1. The number of ketones is 1. The molecule has 1 amide bonds. The normalized spacial score (nSPS) is 9.32. The summed E-state index contributed by atoms with van der Waals surface area (Å²) in [5.74, 6) is -0.281. The van der Waals surface area contributed by atoms with Gasteiger partial charge in [-0.1, -0.05) is 12.1 Å². The number of hydrogen-bond acceptors (Lipinski definition) is 3. The molecule has 0 aliphatic rings. The van der Waals surface area contributed by atoms with Crippen LogP contribution in [0.1, 0.15) is 27.6 Å². The highest BCUT2D eigenvalue weighted by Crippen LogP contribution is 2.12. The van der Waals surface area contributed by atoms with Crippen LogP contribution in [0.5, 0.6) is 0 Å². The lowest BCUT2D eigenvalue weighted by molar-refractivity contribution is 0.101. The van der Waals surface area contributed by atoms with Crippen LogP contribution in [0.4, 0.5) is 5.69 Å². The number of pyridine rings is 1. The Balaban J connectivity index is 0.00000180. The third-order valence-corrected chi connectivity index (χ3v) is 2.45. The van der Waals surface area contributed by atoms with Crippen molar-refractivity contribution in [2.45, 2.75) is 6.92 Å². The summed E-state index contributed by atoms with van der Waals surface area (Å²) in [5.41, 5.74) is 1.64. The van der Waals surface area contributed by atoms with Crippen molar-refractivity contribution < 1.29 is 9.59 Å². The molecule has 0 fully saturated rings. The van der Waals surface area contributed by atoms with E-state index in [1.165, 1.54) is 13.1 Å². The number of benzene rings is 1. The second kappa shape index (κ2) is 6.66. The summed E-state index contributed by atoms with van der Waals surface area (Å²) in [6.07, 6.45) is 3.09. The minimum Gasteiger partial charge on any atom is -0.322 e. The fourth-order valence-electron chi connectivity index (χ4n) is 1.52. The summed E-state index contributed by atoms with van der Waals surface area (Å²) in [6.45, 7) is 1.49. The SMILES string of the molecule is CC(=O)c1cccc(NC(=O)c2cccnc2)c1.Cl. The van der Waals surface area contributed by atoms with Crippen LogP contribution in [0.3, 0.4) is 0 Å². The standard InChI is InChI=1S/C14H12N2O2.ClH/c1-10(17)11-4-2-6-13(8-11)16-14(18)12-5-3-7-15-9-12;/h2-9H,1H3,(H,16,18);1H. The molecule has 1 aromatic carbocycles. The van der Waals surface area contributed by atoms with Crippen LogP contribution in [0.15, 0.2) is 48.8 Å². The Morgan fingerprint density at radius 3 is 2.47 bits per heavy atom. The highest BCUT2D eigenvalue weighted by molar-refractivity contribution is 6.04. The molecule has 0 aliphatic heterocycles. The number of halogens is 1.